The van der Waals surface area contributed by atoms with Crippen LogP contribution < -0.4 is 5.32 Å². The Hall–Kier alpha value is 0.0600. The number of aliphatic hydroxyl groups is 1. The van der Waals surface area contributed by atoms with Crippen LogP contribution in [0.4, 0.5) is 0 Å². The van der Waals surface area contributed by atoms with Crippen molar-refractivity contribution in [2.24, 2.45) is 0 Å². The molecule has 3 nitrogen and oxygen atoms in total. The standard InChI is InChI=1S/C12H18BrNO2S/c1-8(10-3-4-11(13)17-10)14-7-12(15)5-6-16-9(12)2/h3-4,8-9,14-15H,5-7H2,1-2H3. The molecule has 1 aliphatic rings. The minimum absolute atomic E-state index is 0.0859. The van der Waals surface area contributed by atoms with Crippen molar-refractivity contribution in [3.05, 3.63) is 20.8 Å². The van der Waals surface area contributed by atoms with Crippen molar-refractivity contribution in [1.29, 1.82) is 0 Å². The molecule has 1 aliphatic heterocycles. The van der Waals surface area contributed by atoms with Gasteiger partial charge in [0.2, 0.25) is 0 Å². The summed E-state index contributed by atoms with van der Waals surface area (Å²) in [6.07, 6.45) is 0.624. The predicted molar refractivity (Wildman–Crippen MR) is 73.4 cm³/mol. The minimum atomic E-state index is -0.719. The smallest absolute Gasteiger partial charge is 0.105 e. The van der Waals surface area contributed by atoms with Gasteiger partial charge in [-0.2, -0.15) is 0 Å². The maximum absolute atomic E-state index is 10.4. The summed E-state index contributed by atoms with van der Waals surface area (Å²) in [4.78, 5) is 1.27. The second-order valence-electron chi connectivity index (χ2n) is 4.61. The molecule has 0 spiro atoms. The Labute approximate surface area is 114 Å². The lowest BCUT2D eigenvalue weighted by molar-refractivity contribution is -0.0273. The summed E-state index contributed by atoms with van der Waals surface area (Å²) in [7, 11) is 0. The maximum Gasteiger partial charge on any atom is 0.105 e. The van der Waals surface area contributed by atoms with E-state index in [1.54, 1.807) is 11.3 Å². The van der Waals surface area contributed by atoms with E-state index >= 15 is 0 Å². The van der Waals surface area contributed by atoms with Gasteiger partial charge in [0.25, 0.3) is 0 Å². The third-order valence-electron chi connectivity index (χ3n) is 3.39. The Morgan fingerprint density at radius 3 is 3.00 bits per heavy atom. The molecular formula is C12H18BrNO2S. The van der Waals surface area contributed by atoms with Crippen LogP contribution in [0.2, 0.25) is 0 Å². The average molecular weight is 320 g/mol. The summed E-state index contributed by atoms with van der Waals surface area (Å²) in [5.41, 5.74) is -0.719. The van der Waals surface area contributed by atoms with Crippen molar-refractivity contribution in [2.45, 2.75) is 38.0 Å². The summed E-state index contributed by atoms with van der Waals surface area (Å²) >= 11 is 5.18. The van der Waals surface area contributed by atoms with Gasteiger partial charge in [0.1, 0.15) is 5.60 Å². The quantitative estimate of drug-likeness (QED) is 0.896. The number of halogens is 1. The first-order valence-corrected chi connectivity index (χ1v) is 7.45. The molecule has 0 aliphatic carbocycles. The molecule has 1 aromatic rings. The second kappa shape index (κ2) is 5.36. The van der Waals surface area contributed by atoms with E-state index in [0.29, 0.717) is 19.6 Å². The lowest BCUT2D eigenvalue weighted by Crippen LogP contribution is -2.46. The third-order valence-corrected chi connectivity index (χ3v) is 5.20. The van der Waals surface area contributed by atoms with Crippen LogP contribution in [0.1, 0.15) is 31.2 Å². The number of ether oxygens (including phenoxy) is 1. The number of hydrogen-bond acceptors (Lipinski definition) is 4. The molecule has 0 radical (unpaired) electrons. The number of rotatable bonds is 4. The number of nitrogens with one attached hydrogen (secondary N) is 1. The highest BCUT2D eigenvalue weighted by Crippen LogP contribution is 2.29. The Morgan fingerprint density at radius 2 is 2.47 bits per heavy atom. The van der Waals surface area contributed by atoms with Crippen molar-refractivity contribution in [3.8, 4) is 0 Å². The van der Waals surface area contributed by atoms with E-state index in [2.05, 4.69) is 34.2 Å². The monoisotopic (exact) mass is 319 g/mol. The molecule has 96 valence electrons. The first-order valence-electron chi connectivity index (χ1n) is 5.84. The van der Waals surface area contributed by atoms with Gasteiger partial charge in [-0.05, 0) is 41.9 Å². The van der Waals surface area contributed by atoms with Crippen molar-refractivity contribution in [1.82, 2.24) is 5.32 Å². The number of thiophene rings is 1. The van der Waals surface area contributed by atoms with Gasteiger partial charge in [0, 0.05) is 30.5 Å². The Kier molecular flexibility index (Phi) is 4.26. The van der Waals surface area contributed by atoms with Gasteiger partial charge in [-0.15, -0.1) is 11.3 Å². The molecule has 3 atom stereocenters. The molecule has 0 saturated carbocycles. The zero-order valence-electron chi connectivity index (χ0n) is 10.1. The third kappa shape index (κ3) is 3.09. The van der Waals surface area contributed by atoms with Gasteiger partial charge in [-0.25, -0.2) is 0 Å². The molecule has 2 rings (SSSR count). The summed E-state index contributed by atoms with van der Waals surface area (Å²) in [6.45, 7) is 5.27. The average Bonchev–Trinajstić information content (AvgIpc) is 2.84. The largest absolute Gasteiger partial charge is 0.386 e. The van der Waals surface area contributed by atoms with Gasteiger partial charge in [0.05, 0.1) is 9.89 Å². The molecule has 2 heterocycles. The van der Waals surface area contributed by atoms with Gasteiger partial charge in [0.15, 0.2) is 0 Å². The van der Waals surface area contributed by atoms with Crippen molar-refractivity contribution < 1.29 is 9.84 Å². The van der Waals surface area contributed by atoms with Crippen LogP contribution >= 0.6 is 27.3 Å². The topological polar surface area (TPSA) is 41.5 Å². The first-order chi connectivity index (χ1) is 8.01. The lowest BCUT2D eigenvalue weighted by atomic mass is 9.96. The Morgan fingerprint density at radius 1 is 1.71 bits per heavy atom. The van der Waals surface area contributed by atoms with E-state index < -0.39 is 5.60 Å². The molecule has 3 unspecified atom stereocenters. The maximum atomic E-state index is 10.4. The molecule has 0 bridgehead atoms. The minimum Gasteiger partial charge on any atom is -0.386 e. The van der Waals surface area contributed by atoms with Crippen LogP contribution in [0.15, 0.2) is 15.9 Å². The van der Waals surface area contributed by atoms with Crippen LogP contribution in [0.5, 0.6) is 0 Å². The molecule has 1 aromatic heterocycles. The first kappa shape index (κ1) is 13.5. The van der Waals surface area contributed by atoms with Gasteiger partial charge < -0.3 is 15.2 Å². The van der Waals surface area contributed by atoms with Crippen molar-refractivity contribution in [3.63, 3.8) is 0 Å². The van der Waals surface area contributed by atoms with E-state index in [1.165, 1.54) is 4.88 Å². The summed E-state index contributed by atoms with van der Waals surface area (Å²) in [5, 5.41) is 13.8. The van der Waals surface area contributed by atoms with E-state index in [4.69, 9.17) is 4.74 Å². The Balaban J connectivity index is 1.90. The molecule has 2 N–H and O–H groups in total. The zero-order valence-corrected chi connectivity index (χ0v) is 12.5. The fraction of sp³-hybridized carbons (Fsp3) is 0.667. The van der Waals surface area contributed by atoms with Gasteiger partial charge in [-0.3, -0.25) is 0 Å². The Bertz CT molecular complexity index is 384. The van der Waals surface area contributed by atoms with Crippen molar-refractivity contribution >= 4 is 27.3 Å². The lowest BCUT2D eigenvalue weighted by Gasteiger charge is -2.28. The molecule has 1 fully saturated rings. The molecular weight excluding hydrogens is 302 g/mol. The van der Waals surface area contributed by atoms with Crippen LogP contribution in [0, 0.1) is 0 Å². The van der Waals surface area contributed by atoms with Crippen molar-refractivity contribution in [2.75, 3.05) is 13.2 Å². The highest BCUT2D eigenvalue weighted by Gasteiger charge is 2.39. The molecule has 5 heteroatoms. The number of hydrogen-bond donors (Lipinski definition) is 2. The second-order valence-corrected chi connectivity index (χ2v) is 7.11. The van der Waals surface area contributed by atoms with Crippen LogP contribution in [-0.4, -0.2) is 30.0 Å². The molecule has 17 heavy (non-hydrogen) atoms. The predicted octanol–water partition coefficient (Wildman–Crippen LogP) is 2.70. The zero-order chi connectivity index (χ0) is 12.5. The fourth-order valence-electron chi connectivity index (χ4n) is 1.99. The van der Waals surface area contributed by atoms with Gasteiger partial charge in [-0.1, -0.05) is 0 Å². The summed E-state index contributed by atoms with van der Waals surface area (Å²) in [5.74, 6) is 0. The van der Waals surface area contributed by atoms with E-state index in [0.717, 1.165) is 3.79 Å². The molecule has 0 amide bonds. The van der Waals surface area contributed by atoms with E-state index in [9.17, 15) is 5.11 Å². The van der Waals surface area contributed by atoms with Crippen LogP contribution in [0.3, 0.4) is 0 Å². The highest BCUT2D eigenvalue weighted by molar-refractivity contribution is 9.11. The SMILES string of the molecule is CC(NCC1(O)CCOC1C)c1ccc(Br)s1. The molecule has 0 aromatic carbocycles. The van der Waals surface area contributed by atoms with Gasteiger partial charge >= 0.3 is 0 Å². The normalized spacial score (nSPS) is 30.7. The van der Waals surface area contributed by atoms with E-state index in [-0.39, 0.29) is 12.1 Å². The summed E-state index contributed by atoms with van der Waals surface area (Å²) in [6, 6.07) is 4.40. The van der Waals surface area contributed by atoms with E-state index in [1.807, 2.05) is 13.0 Å². The molecule has 1 saturated heterocycles. The van der Waals surface area contributed by atoms with Crippen LogP contribution in [-0.2, 0) is 4.74 Å². The summed E-state index contributed by atoms with van der Waals surface area (Å²) < 4.78 is 6.55. The van der Waals surface area contributed by atoms with Crippen LogP contribution in [0.25, 0.3) is 0 Å². The fourth-order valence-corrected chi connectivity index (χ4v) is 3.44. The highest BCUT2D eigenvalue weighted by atomic mass is 79.9.